The Hall–Kier alpha value is -2.13. The van der Waals surface area contributed by atoms with Crippen molar-refractivity contribution in [2.24, 2.45) is 0 Å². The van der Waals surface area contributed by atoms with Crippen LogP contribution >= 0.6 is 22.9 Å². The molecule has 1 unspecified atom stereocenters. The van der Waals surface area contributed by atoms with E-state index < -0.39 is 24.7 Å². The van der Waals surface area contributed by atoms with Gasteiger partial charge in [-0.25, -0.2) is 4.98 Å². The largest absolute Gasteiger partial charge is 0.405 e. The maximum Gasteiger partial charge on any atom is 0.405 e. The van der Waals surface area contributed by atoms with Gasteiger partial charge in [0, 0.05) is 17.5 Å². The van der Waals surface area contributed by atoms with Gasteiger partial charge in [0.1, 0.15) is 17.6 Å². The van der Waals surface area contributed by atoms with Crippen molar-refractivity contribution in [2.75, 3.05) is 13.1 Å². The predicted octanol–water partition coefficient (Wildman–Crippen LogP) is 3.68. The van der Waals surface area contributed by atoms with E-state index in [2.05, 4.69) is 4.98 Å². The maximum absolute atomic E-state index is 12.6. The van der Waals surface area contributed by atoms with Crippen LogP contribution in [0, 0.1) is 0 Å². The summed E-state index contributed by atoms with van der Waals surface area (Å²) in [6.45, 7) is -1.07. The number of alkyl halides is 3. The summed E-state index contributed by atoms with van der Waals surface area (Å²) in [5, 5.41) is 4.83. The van der Waals surface area contributed by atoms with Crippen LogP contribution in [0.3, 0.4) is 0 Å². The molecule has 2 heterocycles. The van der Waals surface area contributed by atoms with Crippen LogP contribution in [0.15, 0.2) is 29.6 Å². The van der Waals surface area contributed by atoms with Gasteiger partial charge in [0.25, 0.3) is 0 Å². The van der Waals surface area contributed by atoms with Crippen LogP contribution in [0.1, 0.15) is 18.5 Å². The molecule has 0 bridgehead atoms. The Kier molecular flexibility index (Phi) is 6.24. The number of hydrogen-bond donors (Lipinski definition) is 1. The Morgan fingerprint density at radius 3 is 2.79 bits per heavy atom. The molecule has 3 rings (SSSR count). The lowest BCUT2D eigenvalue weighted by molar-refractivity contribution is -0.144. The van der Waals surface area contributed by atoms with Crippen molar-refractivity contribution in [3.63, 3.8) is 0 Å². The van der Waals surface area contributed by atoms with E-state index in [1.165, 1.54) is 16.2 Å². The third-order valence-corrected chi connectivity index (χ3v) is 5.58. The van der Waals surface area contributed by atoms with Gasteiger partial charge in [-0.3, -0.25) is 9.59 Å². The molecule has 0 radical (unpaired) electrons. The molecule has 0 aliphatic carbocycles. The smallest absolute Gasteiger partial charge is 0.345 e. The average molecular weight is 432 g/mol. The van der Waals surface area contributed by atoms with Gasteiger partial charge in [-0.1, -0.05) is 29.8 Å². The van der Waals surface area contributed by atoms with Crippen molar-refractivity contribution >= 4 is 34.8 Å². The summed E-state index contributed by atoms with van der Waals surface area (Å²) < 4.78 is 36.9. The second-order valence-corrected chi connectivity index (χ2v) is 7.64. The minimum atomic E-state index is -4.49. The molecular weight excluding hydrogens is 415 g/mol. The molecule has 150 valence electrons. The van der Waals surface area contributed by atoms with Crippen LogP contribution in [-0.4, -0.2) is 47.0 Å². The molecule has 1 aliphatic rings. The van der Waals surface area contributed by atoms with E-state index in [1.807, 2.05) is 17.4 Å². The first-order valence-electron chi connectivity index (χ1n) is 8.58. The quantitative estimate of drug-likeness (QED) is 0.785. The number of hydrogen-bond acceptors (Lipinski definition) is 4. The zero-order valence-electron chi connectivity index (χ0n) is 14.6. The molecule has 1 atom stereocenters. The number of amides is 2. The molecule has 1 saturated heterocycles. The highest BCUT2D eigenvalue weighted by Gasteiger charge is 2.36. The molecule has 1 aromatic heterocycles. The molecule has 1 fully saturated rings. The molecule has 1 aromatic carbocycles. The third-order valence-electron chi connectivity index (χ3n) is 4.33. The topological polar surface area (TPSA) is 62.3 Å². The van der Waals surface area contributed by atoms with Gasteiger partial charge < -0.3 is 10.2 Å². The summed E-state index contributed by atoms with van der Waals surface area (Å²) in [7, 11) is 0. The van der Waals surface area contributed by atoms with E-state index in [1.54, 1.807) is 17.5 Å². The van der Waals surface area contributed by atoms with Crippen LogP contribution in [0.25, 0.3) is 10.6 Å². The lowest BCUT2D eigenvalue weighted by atomic mass is 10.2. The van der Waals surface area contributed by atoms with Crippen molar-refractivity contribution in [1.82, 2.24) is 15.2 Å². The number of likely N-dealkylation sites (tertiary alicyclic amines) is 1. The highest BCUT2D eigenvalue weighted by atomic mass is 35.5. The predicted molar refractivity (Wildman–Crippen MR) is 100 cm³/mol. The fourth-order valence-electron chi connectivity index (χ4n) is 3.05. The summed E-state index contributed by atoms with van der Waals surface area (Å²) in [5.41, 5.74) is 1.30. The first-order chi connectivity index (χ1) is 13.2. The standard InChI is InChI=1S/C18H17ClF3N3O2S/c19-13-5-2-1-4-12(13)17-24-11(9-28-17)8-15(26)25-7-3-6-14(25)16(27)23-10-18(20,21)22/h1-2,4-5,9,14H,3,6-8,10H2,(H,23,27). The van der Waals surface area contributed by atoms with Gasteiger partial charge in [0.15, 0.2) is 0 Å². The SMILES string of the molecule is O=C(NCC(F)(F)F)C1CCCN1C(=O)Cc1csc(-c2ccccc2Cl)n1. The molecule has 1 aliphatic heterocycles. The number of halogens is 4. The van der Waals surface area contributed by atoms with Gasteiger partial charge >= 0.3 is 6.18 Å². The second-order valence-electron chi connectivity index (χ2n) is 6.38. The summed E-state index contributed by atoms with van der Waals surface area (Å²) >= 11 is 7.51. The Morgan fingerprint density at radius 1 is 1.32 bits per heavy atom. The van der Waals surface area contributed by atoms with E-state index in [0.717, 1.165) is 5.56 Å². The Balaban J connectivity index is 1.64. The van der Waals surface area contributed by atoms with Gasteiger partial charge in [0.05, 0.1) is 17.1 Å². The van der Waals surface area contributed by atoms with Gasteiger partial charge in [0.2, 0.25) is 11.8 Å². The van der Waals surface area contributed by atoms with E-state index in [-0.39, 0.29) is 12.3 Å². The van der Waals surface area contributed by atoms with Gasteiger partial charge in [-0.15, -0.1) is 11.3 Å². The number of carbonyl (C=O) groups is 2. The van der Waals surface area contributed by atoms with Crippen LogP contribution in [-0.2, 0) is 16.0 Å². The average Bonchev–Trinajstić information content (AvgIpc) is 3.29. The lowest BCUT2D eigenvalue weighted by Crippen LogP contribution is -2.48. The fourth-order valence-corrected chi connectivity index (χ4v) is 4.19. The first-order valence-corrected chi connectivity index (χ1v) is 9.83. The molecular formula is C18H17ClF3N3O2S. The molecule has 10 heteroatoms. The monoisotopic (exact) mass is 431 g/mol. The Labute approximate surface area is 168 Å². The fraction of sp³-hybridized carbons (Fsp3) is 0.389. The summed E-state index contributed by atoms with van der Waals surface area (Å²) in [6.07, 6.45) is -3.60. The second kappa shape index (κ2) is 8.48. The van der Waals surface area contributed by atoms with Crippen molar-refractivity contribution in [3.8, 4) is 10.6 Å². The highest BCUT2D eigenvalue weighted by molar-refractivity contribution is 7.13. The van der Waals surface area contributed by atoms with Crippen molar-refractivity contribution < 1.29 is 22.8 Å². The molecule has 0 spiro atoms. The normalized spacial score (nSPS) is 17.0. The lowest BCUT2D eigenvalue weighted by Gasteiger charge is -2.24. The number of thiazole rings is 1. The number of benzene rings is 1. The summed E-state index contributed by atoms with van der Waals surface area (Å²) in [5.74, 6) is -1.11. The van der Waals surface area contributed by atoms with Crippen molar-refractivity contribution in [3.05, 3.63) is 40.4 Å². The maximum atomic E-state index is 12.6. The number of nitrogens with one attached hydrogen (secondary N) is 1. The molecule has 2 aromatic rings. The molecule has 5 nitrogen and oxygen atoms in total. The van der Waals surface area contributed by atoms with Crippen molar-refractivity contribution in [2.45, 2.75) is 31.5 Å². The first kappa shape index (κ1) is 20.6. The Morgan fingerprint density at radius 2 is 2.07 bits per heavy atom. The van der Waals surface area contributed by atoms with E-state index in [4.69, 9.17) is 11.6 Å². The van der Waals surface area contributed by atoms with Crippen LogP contribution in [0.4, 0.5) is 13.2 Å². The zero-order valence-corrected chi connectivity index (χ0v) is 16.2. The number of aromatic nitrogens is 1. The highest BCUT2D eigenvalue weighted by Crippen LogP contribution is 2.30. The van der Waals surface area contributed by atoms with Gasteiger partial charge in [-0.05, 0) is 18.9 Å². The minimum Gasteiger partial charge on any atom is -0.345 e. The van der Waals surface area contributed by atoms with E-state index in [9.17, 15) is 22.8 Å². The third kappa shape index (κ3) is 5.02. The van der Waals surface area contributed by atoms with Crippen LogP contribution < -0.4 is 5.32 Å². The molecule has 28 heavy (non-hydrogen) atoms. The zero-order chi connectivity index (χ0) is 20.3. The molecule has 2 amide bonds. The van der Waals surface area contributed by atoms with Crippen LogP contribution in [0.5, 0.6) is 0 Å². The summed E-state index contributed by atoms with van der Waals surface area (Å²) in [4.78, 5) is 30.4. The van der Waals surface area contributed by atoms with E-state index in [0.29, 0.717) is 35.1 Å². The number of rotatable bonds is 5. The van der Waals surface area contributed by atoms with E-state index >= 15 is 0 Å². The number of carbonyl (C=O) groups excluding carboxylic acids is 2. The summed E-state index contributed by atoms with van der Waals surface area (Å²) in [6, 6.07) is 6.34. The van der Waals surface area contributed by atoms with Gasteiger partial charge in [-0.2, -0.15) is 13.2 Å². The molecule has 1 N–H and O–H groups in total. The Bertz CT molecular complexity index is 872. The number of nitrogens with zero attached hydrogens (tertiary/aromatic N) is 2. The molecule has 0 saturated carbocycles. The minimum absolute atomic E-state index is 0.0238. The van der Waals surface area contributed by atoms with Crippen LogP contribution in [0.2, 0.25) is 5.02 Å². The van der Waals surface area contributed by atoms with Crippen molar-refractivity contribution in [1.29, 1.82) is 0 Å².